The minimum absolute atomic E-state index is 0.113. The number of hydrogen-bond donors (Lipinski definition) is 1. The number of aryl methyl sites for hydroxylation is 1. The van der Waals surface area contributed by atoms with Crippen LogP contribution in [-0.4, -0.2) is 15.0 Å². The number of halogens is 2. The molecule has 2 aromatic rings. The summed E-state index contributed by atoms with van der Waals surface area (Å²) in [7, 11) is -3.40. The summed E-state index contributed by atoms with van der Waals surface area (Å²) in [5.41, 5.74) is 2.91. The largest absolute Gasteiger partial charge is 0.215 e. The Labute approximate surface area is 141 Å². The minimum atomic E-state index is -3.40. The van der Waals surface area contributed by atoms with Crippen molar-refractivity contribution < 1.29 is 8.42 Å². The third-order valence-corrected chi connectivity index (χ3v) is 5.41. The van der Waals surface area contributed by atoms with Crippen molar-refractivity contribution in [2.24, 2.45) is 0 Å². The smallest absolute Gasteiger partial charge is 0.215 e. The fourth-order valence-corrected chi connectivity index (χ4v) is 3.59. The molecule has 0 atom stereocenters. The van der Waals surface area contributed by atoms with Crippen LogP contribution in [0.1, 0.15) is 16.7 Å². The van der Waals surface area contributed by atoms with Crippen molar-refractivity contribution in [1.29, 1.82) is 0 Å². The lowest BCUT2D eigenvalue weighted by molar-refractivity contribution is 0.580. The van der Waals surface area contributed by atoms with Crippen LogP contribution in [0.3, 0.4) is 0 Å². The number of nitrogens with one attached hydrogen (secondary N) is 1. The highest BCUT2D eigenvalue weighted by Crippen LogP contribution is 2.23. The summed E-state index contributed by atoms with van der Waals surface area (Å²) in [6.07, 6.45) is 0.660. The van der Waals surface area contributed by atoms with Crippen molar-refractivity contribution >= 4 is 33.2 Å². The molecular weight excluding hydrogens is 341 g/mol. The quantitative estimate of drug-likeness (QED) is 0.850. The fraction of sp³-hybridized carbons (Fsp3) is 0.250. The van der Waals surface area contributed by atoms with Gasteiger partial charge in [-0.05, 0) is 42.2 Å². The Morgan fingerprint density at radius 2 is 1.77 bits per heavy atom. The molecule has 0 heterocycles. The van der Waals surface area contributed by atoms with Gasteiger partial charge in [-0.1, -0.05) is 53.5 Å². The maximum atomic E-state index is 12.1. The molecule has 118 valence electrons. The summed E-state index contributed by atoms with van der Waals surface area (Å²) in [5, 5.41) is 0.768. The van der Waals surface area contributed by atoms with E-state index < -0.39 is 10.0 Å². The molecule has 0 radical (unpaired) electrons. The van der Waals surface area contributed by atoms with Crippen LogP contribution in [-0.2, 0) is 22.2 Å². The van der Waals surface area contributed by atoms with E-state index in [9.17, 15) is 8.42 Å². The zero-order chi connectivity index (χ0) is 16.2. The average molecular weight is 358 g/mol. The van der Waals surface area contributed by atoms with Crippen LogP contribution in [0.15, 0.2) is 42.5 Å². The number of benzene rings is 2. The zero-order valence-corrected chi connectivity index (χ0v) is 14.5. The van der Waals surface area contributed by atoms with Crippen molar-refractivity contribution in [3.8, 4) is 0 Å². The summed E-state index contributed by atoms with van der Waals surface area (Å²) in [4.78, 5) is 0. The van der Waals surface area contributed by atoms with Crippen molar-refractivity contribution in [2.45, 2.75) is 19.1 Å². The van der Waals surface area contributed by atoms with Crippen molar-refractivity contribution in [3.05, 3.63) is 69.2 Å². The maximum Gasteiger partial charge on any atom is 0.215 e. The average Bonchev–Trinajstić information content (AvgIpc) is 2.44. The first kappa shape index (κ1) is 17.3. The Morgan fingerprint density at radius 1 is 1.05 bits per heavy atom. The van der Waals surface area contributed by atoms with E-state index in [4.69, 9.17) is 23.2 Å². The van der Waals surface area contributed by atoms with Crippen LogP contribution in [0, 0.1) is 6.92 Å². The van der Waals surface area contributed by atoms with Gasteiger partial charge < -0.3 is 0 Å². The second-order valence-electron chi connectivity index (χ2n) is 5.08. The van der Waals surface area contributed by atoms with E-state index in [-0.39, 0.29) is 5.75 Å². The van der Waals surface area contributed by atoms with E-state index >= 15 is 0 Å². The van der Waals surface area contributed by atoms with Crippen LogP contribution in [0.25, 0.3) is 0 Å². The SMILES string of the molecule is Cc1ccccc1CCNS(=O)(=O)Cc1ccc(Cl)c(Cl)c1. The second-order valence-corrected chi connectivity index (χ2v) is 7.70. The molecular formula is C16H17Cl2NO2S. The van der Waals surface area contributed by atoms with Gasteiger partial charge in [-0.3, -0.25) is 0 Å². The lowest BCUT2D eigenvalue weighted by Gasteiger charge is -2.09. The number of hydrogen-bond acceptors (Lipinski definition) is 2. The van der Waals surface area contributed by atoms with Crippen LogP contribution < -0.4 is 4.72 Å². The lowest BCUT2D eigenvalue weighted by Crippen LogP contribution is -2.27. The molecule has 2 rings (SSSR count). The van der Waals surface area contributed by atoms with Crippen LogP contribution >= 0.6 is 23.2 Å². The van der Waals surface area contributed by atoms with E-state index in [0.29, 0.717) is 28.6 Å². The fourth-order valence-electron chi connectivity index (χ4n) is 2.13. The van der Waals surface area contributed by atoms with E-state index in [1.165, 1.54) is 0 Å². The topological polar surface area (TPSA) is 46.2 Å². The highest BCUT2D eigenvalue weighted by atomic mass is 35.5. The van der Waals surface area contributed by atoms with Gasteiger partial charge in [0.2, 0.25) is 10.0 Å². The summed E-state index contributed by atoms with van der Waals surface area (Å²) >= 11 is 11.7. The maximum absolute atomic E-state index is 12.1. The Hall–Kier alpha value is -1.07. The van der Waals surface area contributed by atoms with Gasteiger partial charge in [-0.25, -0.2) is 13.1 Å². The summed E-state index contributed by atoms with van der Waals surface area (Å²) in [6.45, 7) is 2.38. The van der Waals surface area contributed by atoms with Gasteiger partial charge in [0.15, 0.2) is 0 Å². The molecule has 0 aliphatic heterocycles. The summed E-state index contributed by atoms with van der Waals surface area (Å²) in [5.74, 6) is -0.113. The van der Waals surface area contributed by atoms with Gasteiger partial charge in [-0.2, -0.15) is 0 Å². The van der Waals surface area contributed by atoms with Crippen molar-refractivity contribution in [1.82, 2.24) is 4.72 Å². The van der Waals surface area contributed by atoms with Crippen LogP contribution in [0.5, 0.6) is 0 Å². The second kappa shape index (κ2) is 7.47. The van der Waals surface area contributed by atoms with Gasteiger partial charge in [-0.15, -0.1) is 0 Å². The molecule has 0 saturated carbocycles. The monoisotopic (exact) mass is 357 g/mol. The third kappa shape index (κ3) is 4.99. The summed E-state index contributed by atoms with van der Waals surface area (Å²) in [6, 6.07) is 12.8. The molecule has 0 aliphatic carbocycles. The summed E-state index contributed by atoms with van der Waals surface area (Å²) < 4.78 is 26.8. The van der Waals surface area contributed by atoms with Crippen LogP contribution in [0.4, 0.5) is 0 Å². The highest BCUT2D eigenvalue weighted by Gasteiger charge is 2.12. The molecule has 6 heteroatoms. The molecule has 0 aromatic heterocycles. The third-order valence-electron chi connectivity index (χ3n) is 3.32. The molecule has 0 saturated heterocycles. The Bertz CT molecular complexity index is 760. The molecule has 1 N–H and O–H groups in total. The first-order valence-electron chi connectivity index (χ1n) is 6.83. The molecule has 0 unspecified atom stereocenters. The number of rotatable bonds is 6. The van der Waals surface area contributed by atoms with E-state index in [0.717, 1.165) is 11.1 Å². The van der Waals surface area contributed by atoms with E-state index in [1.54, 1.807) is 18.2 Å². The van der Waals surface area contributed by atoms with Crippen molar-refractivity contribution in [2.75, 3.05) is 6.54 Å². The molecule has 22 heavy (non-hydrogen) atoms. The predicted molar refractivity (Wildman–Crippen MR) is 92.0 cm³/mol. The normalized spacial score (nSPS) is 11.6. The molecule has 0 fully saturated rings. The molecule has 0 amide bonds. The van der Waals surface area contributed by atoms with Gasteiger partial charge in [0.25, 0.3) is 0 Å². The van der Waals surface area contributed by atoms with Gasteiger partial charge in [0, 0.05) is 6.54 Å². The molecule has 2 aromatic carbocycles. The Morgan fingerprint density at radius 3 is 2.45 bits per heavy atom. The van der Waals surface area contributed by atoms with Crippen molar-refractivity contribution in [3.63, 3.8) is 0 Å². The van der Waals surface area contributed by atoms with E-state index in [1.807, 2.05) is 31.2 Å². The van der Waals surface area contributed by atoms with Gasteiger partial charge >= 0.3 is 0 Å². The Balaban J connectivity index is 1.94. The lowest BCUT2D eigenvalue weighted by atomic mass is 10.1. The molecule has 0 spiro atoms. The zero-order valence-electron chi connectivity index (χ0n) is 12.1. The highest BCUT2D eigenvalue weighted by molar-refractivity contribution is 7.88. The molecule has 0 bridgehead atoms. The van der Waals surface area contributed by atoms with Gasteiger partial charge in [0.05, 0.1) is 15.8 Å². The standard InChI is InChI=1S/C16H17Cl2NO2S/c1-12-4-2-3-5-14(12)8-9-19-22(20,21)11-13-6-7-15(17)16(18)10-13/h2-7,10,19H,8-9,11H2,1H3. The number of sulfonamides is 1. The predicted octanol–water partition coefficient (Wildman–Crippen LogP) is 3.96. The first-order valence-corrected chi connectivity index (χ1v) is 9.24. The minimum Gasteiger partial charge on any atom is -0.215 e. The molecule has 0 aliphatic rings. The van der Waals surface area contributed by atoms with Gasteiger partial charge in [0.1, 0.15) is 0 Å². The van der Waals surface area contributed by atoms with E-state index in [2.05, 4.69) is 4.72 Å². The molecule has 3 nitrogen and oxygen atoms in total. The van der Waals surface area contributed by atoms with Crippen LogP contribution in [0.2, 0.25) is 10.0 Å². The first-order chi connectivity index (χ1) is 10.4. The Kier molecular flexibility index (Phi) is 5.87.